The maximum Gasteiger partial charge on any atom is 0.191 e. The van der Waals surface area contributed by atoms with Crippen molar-refractivity contribution in [3.05, 3.63) is 140 Å². The molecule has 23 heteroatoms. The second kappa shape index (κ2) is 37.5. The Labute approximate surface area is 582 Å². The summed E-state index contributed by atoms with van der Waals surface area (Å²) < 4.78 is 23.0. The van der Waals surface area contributed by atoms with Crippen LogP contribution in [-0.4, -0.2) is 102 Å². The second-order valence-corrected chi connectivity index (χ2v) is 40.5. The molecule has 0 spiro atoms. The Hall–Kier alpha value is -3.51. The molecule has 0 saturated carbocycles. The van der Waals surface area contributed by atoms with Crippen molar-refractivity contribution in [1.29, 1.82) is 0 Å². The van der Waals surface area contributed by atoms with Crippen LogP contribution in [0.25, 0.3) is 0 Å². The molecule has 1 aliphatic heterocycles. The summed E-state index contributed by atoms with van der Waals surface area (Å²) in [5, 5.41) is 22.3. The van der Waals surface area contributed by atoms with Gasteiger partial charge in [0.25, 0.3) is 0 Å². The van der Waals surface area contributed by atoms with Gasteiger partial charge >= 0.3 is 0 Å². The summed E-state index contributed by atoms with van der Waals surface area (Å²) in [6.07, 6.45) is 10.8. The third-order valence-corrected chi connectivity index (χ3v) is 27.3. The van der Waals surface area contributed by atoms with Gasteiger partial charge in [-0.1, -0.05) is 132 Å². The molecule has 498 valence electrons. The molecule has 90 heavy (non-hydrogen) atoms. The van der Waals surface area contributed by atoms with E-state index in [0.29, 0.717) is 52.0 Å². The molecule has 13 nitrogen and oxygen atoms in total. The number of isothiocyanates is 1. The van der Waals surface area contributed by atoms with Crippen molar-refractivity contribution in [2.45, 2.75) is 194 Å². The van der Waals surface area contributed by atoms with Crippen LogP contribution >= 0.6 is 94.8 Å². The summed E-state index contributed by atoms with van der Waals surface area (Å²) in [6, 6.07) is 20.4. The third kappa shape index (κ3) is 27.8. The van der Waals surface area contributed by atoms with E-state index in [0.717, 1.165) is 74.3 Å². The van der Waals surface area contributed by atoms with Crippen LogP contribution in [0.4, 0.5) is 0 Å². The molecular formula is C67H100Cl4N8O5S4Si2. The third-order valence-electron chi connectivity index (χ3n) is 16.1. The van der Waals surface area contributed by atoms with Gasteiger partial charge in [-0.05, 0) is 189 Å². The number of nitrogens with one attached hydrogen (secondary N) is 2. The molecule has 0 bridgehead atoms. The first-order valence-electron chi connectivity index (χ1n) is 30.1. The average Bonchev–Trinajstić information content (AvgIpc) is 1.05. The summed E-state index contributed by atoms with van der Waals surface area (Å²) in [4.78, 5) is 27.9. The fraction of sp³-hybridized carbons (Fsp3) is 0.552. The Bertz CT molecular complexity index is 3170. The van der Waals surface area contributed by atoms with E-state index >= 15 is 0 Å². The normalized spacial score (nSPS) is 16.1. The van der Waals surface area contributed by atoms with Gasteiger partial charge in [0.2, 0.25) is 0 Å². The highest BCUT2D eigenvalue weighted by Gasteiger charge is 2.40. The van der Waals surface area contributed by atoms with Gasteiger partial charge in [0.1, 0.15) is 22.6 Å². The van der Waals surface area contributed by atoms with Crippen LogP contribution in [0.5, 0.6) is 11.5 Å². The van der Waals surface area contributed by atoms with Crippen LogP contribution in [0, 0.1) is 5.92 Å². The lowest BCUT2D eigenvalue weighted by Gasteiger charge is -2.38. The van der Waals surface area contributed by atoms with Crippen molar-refractivity contribution in [2.24, 2.45) is 15.9 Å². The summed E-state index contributed by atoms with van der Waals surface area (Å²) >= 11 is 41.0. The molecule has 4 atom stereocenters. The SMILES string of the molecule is CC(=S)N[C@@](C)(CCO)c1cc(Cl)ccn1.CC(=S)N[C@@](C)(CCO[Si](C)(C)C(C)(C)C)c1cc(Cl)ccn1.CC(C)(C)[Si](C)(C)OCC[C@](C)(N=C=S)c1cc(Cl)ccn1.CC1=N[C@](C)(c2cc(Cl)ccn2)CCS1.COc1ccc(CC(C)C)c(OC)c1. The number of hydrogen-bond donors (Lipinski definition) is 3. The molecule has 0 amide bonds. The van der Waals surface area contributed by atoms with Gasteiger partial charge in [0, 0.05) is 82.9 Å². The van der Waals surface area contributed by atoms with Crippen molar-refractivity contribution < 1.29 is 23.4 Å². The van der Waals surface area contributed by atoms with Crippen molar-refractivity contribution in [2.75, 3.05) is 39.8 Å². The van der Waals surface area contributed by atoms with Crippen molar-refractivity contribution in [1.82, 2.24) is 30.6 Å². The minimum absolute atomic E-state index is 0.0559. The number of pyridine rings is 4. The summed E-state index contributed by atoms with van der Waals surface area (Å²) in [6.45, 7) is 42.0. The molecule has 4 aromatic heterocycles. The molecule has 0 saturated heterocycles. The molecule has 0 fully saturated rings. The van der Waals surface area contributed by atoms with Gasteiger partial charge in [0.15, 0.2) is 16.6 Å². The van der Waals surface area contributed by atoms with Crippen LogP contribution in [0.2, 0.25) is 56.4 Å². The Morgan fingerprint density at radius 1 is 0.678 bits per heavy atom. The lowest BCUT2D eigenvalue weighted by molar-refractivity contribution is 0.233. The molecule has 6 rings (SSSR count). The maximum absolute atomic E-state index is 9.10. The predicted molar refractivity (Wildman–Crippen MR) is 400 cm³/mol. The standard InChI is InChI=1S/C17H29ClN2OSSi.C16H25ClN2OSSi.C12H18O2.C11H15ClN2OS.C11H13ClN2S/c1-13(22)20-17(5,15-12-14(18)8-10-19-15)9-11-21-23(6,7)16(2,3)4;1-15(2,3)22(5,6)20-10-8-16(4,19-12-21)14-11-13(17)7-9-18-14;1-9(2)7-10-5-6-11(13-3)8-12(10)14-4;1-8(16)14-11(2,4-6-15)10-7-9(12)3-5-13-10;1-8-14-11(2,4-6-15-8)10-7-9(12)3-5-13-10/h8,10,12H,9,11H2,1-7H3,(H,20,22);7,9,11H,8,10H2,1-6H3;5-6,8-9H,7H2,1-4H3;3,5,7,15H,4,6H2,1-2H3,(H,14,16);3,5,7H,4,6H2,1-2H3/t17-;16-;;2*11-/m00.00/s1. The average molecular weight is 1420 g/mol. The quantitative estimate of drug-likeness (QED) is 0.0362. The van der Waals surface area contributed by atoms with E-state index in [-0.39, 0.29) is 27.8 Å². The van der Waals surface area contributed by atoms with Gasteiger partial charge < -0.3 is 34.1 Å². The number of ether oxygens (including phenoxy) is 2. The number of rotatable bonds is 21. The van der Waals surface area contributed by atoms with E-state index in [1.54, 1.807) is 76.3 Å². The van der Waals surface area contributed by atoms with Crippen LogP contribution in [0.1, 0.15) is 158 Å². The minimum Gasteiger partial charge on any atom is -0.497 e. The van der Waals surface area contributed by atoms with Crippen LogP contribution in [-0.2, 0) is 37.4 Å². The van der Waals surface area contributed by atoms with E-state index in [1.807, 2.05) is 69.8 Å². The number of halogens is 4. The Kier molecular flexibility index (Phi) is 34.5. The number of aromatic nitrogens is 4. The molecule has 0 aliphatic carbocycles. The number of hydrogen-bond acceptors (Lipinski definition) is 15. The monoisotopic (exact) mass is 1420 g/mol. The number of aliphatic hydroxyl groups excluding tert-OH is 1. The fourth-order valence-electron chi connectivity index (χ4n) is 8.59. The van der Waals surface area contributed by atoms with Crippen molar-refractivity contribution in [3.8, 4) is 11.5 Å². The first-order valence-corrected chi connectivity index (χ1v) is 39.6. The summed E-state index contributed by atoms with van der Waals surface area (Å²) in [7, 11) is -0.181. The lowest BCUT2D eigenvalue weighted by atomic mass is 9.93. The second-order valence-electron chi connectivity index (χ2n) is 26.4. The molecular weight excluding hydrogens is 1320 g/mol. The highest BCUT2D eigenvalue weighted by Crippen LogP contribution is 2.40. The van der Waals surface area contributed by atoms with Gasteiger partial charge in [0.05, 0.1) is 68.3 Å². The Balaban J connectivity index is 0.000000388. The van der Waals surface area contributed by atoms with Crippen molar-refractivity contribution in [3.63, 3.8) is 0 Å². The maximum atomic E-state index is 9.10. The summed E-state index contributed by atoms with van der Waals surface area (Å²) in [5.41, 5.74) is 3.03. The zero-order chi connectivity index (χ0) is 68.5. The topological polar surface area (TPSA) is 157 Å². The highest BCUT2D eigenvalue weighted by atomic mass is 35.5. The number of aliphatic imine (C=N–C) groups is 2. The van der Waals surface area contributed by atoms with Crippen molar-refractivity contribution >= 4 is 132 Å². The number of thiocarbonyl (C=S) groups is 3. The molecule has 1 aromatic carbocycles. The smallest absolute Gasteiger partial charge is 0.191 e. The zero-order valence-electron chi connectivity index (χ0n) is 57.0. The van der Waals surface area contributed by atoms with Gasteiger partial charge in [-0.3, -0.25) is 24.9 Å². The molecule has 3 N–H and O–H groups in total. The first-order chi connectivity index (χ1) is 41.6. The van der Waals surface area contributed by atoms with E-state index < -0.39 is 27.7 Å². The van der Waals surface area contributed by atoms with Gasteiger partial charge in [-0.25, -0.2) is 4.99 Å². The van der Waals surface area contributed by atoms with E-state index in [2.05, 4.69) is 147 Å². The minimum atomic E-state index is -1.77. The molecule has 5 heterocycles. The number of methoxy groups -OCH3 is 2. The number of nitrogens with zero attached hydrogens (tertiary/aromatic N) is 6. The van der Waals surface area contributed by atoms with Crippen LogP contribution in [0.3, 0.4) is 0 Å². The van der Waals surface area contributed by atoms with E-state index in [4.69, 9.17) is 106 Å². The number of aliphatic hydroxyl groups is 1. The Morgan fingerprint density at radius 3 is 1.52 bits per heavy atom. The van der Waals surface area contributed by atoms with Gasteiger partial charge in [-0.2, -0.15) is 0 Å². The molecule has 1 aliphatic rings. The lowest BCUT2D eigenvalue weighted by Crippen LogP contribution is -2.46. The first kappa shape index (κ1) is 82.6. The summed E-state index contributed by atoms with van der Waals surface area (Å²) in [5.74, 6) is 3.49. The molecule has 0 radical (unpaired) electrons. The van der Waals surface area contributed by atoms with Gasteiger partial charge in [-0.15, -0.1) is 11.8 Å². The highest BCUT2D eigenvalue weighted by molar-refractivity contribution is 8.13. The number of thioether (sulfide) groups is 1. The largest absolute Gasteiger partial charge is 0.497 e. The molecule has 5 aromatic rings. The number of benzene rings is 1. The fourth-order valence-corrected chi connectivity index (χ4v) is 13.0. The molecule has 0 unspecified atom stereocenters. The van der Waals surface area contributed by atoms with E-state index in [9.17, 15) is 0 Å². The van der Waals surface area contributed by atoms with Crippen LogP contribution < -0.4 is 20.1 Å². The zero-order valence-corrected chi connectivity index (χ0v) is 65.3. The predicted octanol–water partition coefficient (Wildman–Crippen LogP) is 19.4. The Morgan fingerprint density at radius 2 is 1.12 bits per heavy atom. The van der Waals surface area contributed by atoms with Crippen LogP contribution in [0.15, 0.2) is 102 Å². The van der Waals surface area contributed by atoms with E-state index in [1.165, 1.54) is 5.56 Å².